The summed E-state index contributed by atoms with van der Waals surface area (Å²) in [6.45, 7) is 0.702. The van der Waals surface area contributed by atoms with Gasteiger partial charge < -0.3 is 10.2 Å². The van der Waals surface area contributed by atoms with Crippen LogP contribution in [-0.4, -0.2) is 43.7 Å². The van der Waals surface area contributed by atoms with Gasteiger partial charge in [-0.25, -0.2) is 14.4 Å². The quantitative estimate of drug-likeness (QED) is 0.769. The molecule has 1 saturated heterocycles. The van der Waals surface area contributed by atoms with Crippen LogP contribution in [0, 0.1) is 5.82 Å². The number of imidazole rings is 1. The Balaban J connectivity index is 1.41. The number of halogens is 1. The number of carbonyl (C=O) groups excluding carboxylic acids is 2. The number of rotatable bonds is 4. The van der Waals surface area contributed by atoms with Crippen LogP contribution >= 0.6 is 0 Å². The molecule has 0 radical (unpaired) electrons. The first-order chi connectivity index (χ1) is 12.6. The number of aromatic nitrogens is 3. The van der Waals surface area contributed by atoms with Crippen LogP contribution in [0.4, 0.5) is 4.39 Å². The van der Waals surface area contributed by atoms with Crippen LogP contribution < -0.4 is 5.32 Å². The van der Waals surface area contributed by atoms with Gasteiger partial charge in [0.1, 0.15) is 11.5 Å². The summed E-state index contributed by atoms with van der Waals surface area (Å²) in [4.78, 5) is 34.4. The molecule has 3 heterocycles. The summed E-state index contributed by atoms with van der Waals surface area (Å²) in [7, 11) is 0. The van der Waals surface area contributed by atoms with Crippen LogP contribution in [0.25, 0.3) is 5.78 Å². The molecule has 1 fully saturated rings. The summed E-state index contributed by atoms with van der Waals surface area (Å²) in [5.41, 5.74) is 0.969. The number of nitrogens with one attached hydrogen (secondary N) is 1. The van der Waals surface area contributed by atoms with Crippen LogP contribution in [0.2, 0.25) is 0 Å². The van der Waals surface area contributed by atoms with Gasteiger partial charge in [0.15, 0.2) is 0 Å². The molecule has 0 unspecified atom stereocenters. The Hall–Kier alpha value is -3.29. The largest absolute Gasteiger partial charge is 0.346 e. The van der Waals surface area contributed by atoms with Crippen molar-refractivity contribution in [2.75, 3.05) is 6.54 Å². The molecule has 1 atom stereocenters. The van der Waals surface area contributed by atoms with Gasteiger partial charge >= 0.3 is 0 Å². The van der Waals surface area contributed by atoms with Gasteiger partial charge in [-0.2, -0.15) is 0 Å². The Morgan fingerprint density at radius 1 is 1.35 bits per heavy atom. The van der Waals surface area contributed by atoms with Crippen molar-refractivity contribution in [3.8, 4) is 0 Å². The summed E-state index contributed by atoms with van der Waals surface area (Å²) in [5, 5.41) is 2.83. The lowest BCUT2D eigenvalue weighted by molar-refractivity contribution is -0.128. The molecule has 1 N–H and O–H groups in total. The highest BCUT2D eigenvalue weighted by atomic mass is 19.1. The zero-order valence-electron chi connectivity index (χ0n) is 13.8. The standard InChI is InChI=1S/C18H16FN5O2/c19-13-4-1-3-12(7-13)9-24-10-14(8-16(24)25)21-17(26)15-11-23-6-2-5-20-18(23)22-15/h1-7,11,14H,8-10H2,(H,21,26)/t14-/m0/s1. The summed E-state index contributed by atoms with van der Waals surface area (Å²) in [6, 6.07) is 7.59. The van der Waals surface area contributed by atoms with Crippen LogP contribution in [0.1, 0.15) is 22.5 Å². The second-order valence-electron chi connectivity index (χ2n) is 6.23. The average molecular weight is 353 g/mol. The molecule has 26 heavy (non-hydrogen) atoms. The van der Waals surface area contributed by atoms with Crippen molar-refractivity contribution in [2.24, 2.45) is 0 Å². The summed E-state index contributed by atoms with van der Waals surface area (Å²) < 4.78 is 14.9. The zero-order valence-corrected chi connectivity index (χ0v) is 13.8. The van der Waals surface area contributed by atoms with Crippen molar-refractivity contribution in [3.05, 3.63) is 66.0 Å². The number of carbonyl (C=O) groups is 2. The van der Waals surface area contributed by atoms with Gasteiger partial charge in [0.25, 0.3) is 5.91 Å². The number of nitrogens with zero attached hydrogens (tertiary/aromatic N) is 4. The Kier molecular flexibility index (Phi) is 4.08. The Morgan fingerprint density at radius 3 is 3.04 bits per heavy atom. The van der Waals surface area contributed by atoms with Crippen molar-refractivity contribution in [1.82, 2.24) is 24.6 Å². The molecule has 2 amide bonds. The van der Waals surface area contributed by atoms with Gasteiger partial charge in [-0.1, -0.05) is 12.1 Å². The number of hydrogen-bond donors (Lipinski definition) is 1. The highest BCUT2D eigenvalue weighted by Crippen LogP contribution is 2.16. The Morgan fingerprint density at radius 2 is 2.23 bits per heavy atom. The van der Waals surface area contributed by atoms with E-state index in [1.807, 2.05) is 0 Å². The van der Waals surface area contributed by atoms with Gasteiger partial charge in [-0.15, -0.1) is 0 Å². The van der Waals surface area contributed by atoms with E-state index in [0.717, 1.165) is 5.56 Å². The van der Waals surface area contributed by atoms with Gasteiger partial charge in [-0.3, -0.25) is 14.0 Å². The highest BCUT2D eigenvalue weighted by molar-refractivity contribution is 5.93. The Labute approximate surface area is 148 Å². The predicted octanol–water partition coefficient (Wildman–Crippen LogP) is 1.40. The molecule has 2 aromatic heterocycles. The first-order valence-corrected chi connectivity index (χ1v) is 8.21. The van der Waals surface area contributed by atoms with Crippen molar-refractivity contribution in [1.29, 1.82) is 0 Å². The zero-order chi connectivity index (χ0) is 18.1. The maximum Gasteiger partial charge on any atom is 0.271 e. The van der Waals surface area contributed by atoms with Crippen molar-refractivity contribution in [3.63, 3.8) is 0 Å². The number of hydrogen-bond acceptors (Lipinski definition) is 4. The predicted molar refractivity (Wildman–Crippen MR) is 90.7 cm³/mol. The molecule has 0 bridgehead atoms. The Bertz CT molecular complexity index is 953. The second kappa shape index (κ2) is 6.55. The highest BCUT2D eigenvalue weighted by Gasteiger charge is 2.31. The van der Waals surface area contributed by atoms with E-state index in [0.29, 0.717) is 18.9 Å². The van der Waals surface area contributed by atoms with E-state index < -0.39 is 0 Å². The van der Waals surface area contributed by atoms with E-state index >= 15 is 0 Å². The first-order valence-electron chi connectivity index (χ1n) is 8.21. The van der Waals surface area contributed by atoms with E-state index in [-0.39, 0.29) is 35.8 Å². The number of fused-ring (bicyclic) bond motifs is 1. The summed E-state index contributed by atoms with van der Waals surface area (Å²) in [6.07, 6.45) is 5.17. The monoisotopic (exact) mass is 353 g/mol. The lowest BCUT2D eigenvalue weighted by atomic mass is 10.2. The van der Waals surface area contributed by atoms with E-state index in [1.54, 1.807) is 46.1 Å². The minimum atomic E-state index is -0.346. The van der Waals surface area contributed by atoms with Gasteiger partial charge in [-0.05, 0) is 23.8 Å². The molecule has 1 aliphatic rings. The maximum absolute atomic E-state index is 13.3. The summed E-state index contributed by atoms with van der Waals surface area (Å²) >= 11 is 0. The fraction of sp³-hybridized carbons (Fsp3) is 0.222. The SMILES string of the molecule is O=C(N[C@H]1CC(=O)N(Cc2cccc(F)c2)C1)c1cn2cccnc2n1. The van der Waals surface area contributed by atoms with Gasteiger partial charge in [0, 0.05) is 38.1 Å². The molecule has 3 aromatic rings. The van der Waals surface area contributed by atoms with Crippen molar-refractivity contribution >= 4 is 17.6 Å². The molecule has 0 saturated carbocycles. The minimum Gasteiger partial charge on any atom is -0.346 e. The molecule has 0 aliphatic carbocycles. The molecule has 132 valence electrons. The topological polar surface area (TPSA) is 79.6 Å². The number of benzene rings is 1. The molecule has 1 aliphatic heterocycles. The fourth-order valence-corrected chi connectivity index (χ4v) is 3.08. The molecular weight excluding hydrogens is 337 g/mol. The van der Waals surface area contributed by atoms with Crippen LogP contribution in [0.5, 0.6) is 0 Å². The second-order valence-corrected chi connectivity index (χ2v) is 6.23. The minimum absolute atomic E-state index is 0.0729. The first kappa shape index (κ1) is 16.2. The third-order valence-electron chi connectivity index (χ3n) is 4.28. The summed E-state index contributed by atoms with van der Waals surface area (Å²) in [5.74, 6) is -0.315. The van der Waals surface area contributed by atoms with Crippen LogP contribution in [0.3, 0.4) is 0 Å². The molecule has 8 heteroatoms. The van der Waals surface area contributed by atoms with E-state index in [1.165, 1.54) is 12.1 Å². The maximum atomic E-state index is 13.3. The average Bonchev–Trinajstić information content (AvgIpc) is 3.19. The third-order valence-corrected chi connectivity index (χ3v) is 4.28. The van der Waals surface area contributed by atoms with Crippen LogP contribution in [0.15, 0.2) is 48.9 Å². The fourth-order valence-electron chi connectivity index (χ4n) is 3.08. The van der Waals surface area contributed by atoms with Crippen molar-refractivity contribution in [2.45, 2.75) is 19.0 Å². The van der Waals surface area contributed by atoms with E-state index in [9.17, 15) is 14.0 Å². The van der Waals surface area contributed by atoms with Gasteiger partial charge in [0.05, 0.1) is 6.04 Å². The smallest absolute Gasteiger partial charge is 0.271 e. The van der Waals surface area contributed by atoms with Crippen LogP contribution in [-0.2, 0) is 11.3 Å². The molecule has 1 aromatic carbocycles. The number of likely N-dealkylation sites (tertiary alicyclic amines) is 1. The molecule has 0 spiro atoms. The van der Waals surface area contributed by atoms with Gasteiger partial charge in [0.2, 0.25) is 11.7 Å². The normalized spacial score (nSPS) is 17.0. The molecular formula is C18H16FN5O2. The van der Waals surface area contributed by atoms with Crippen molar-refractivity contribution < 1.29 is 14.0 Å². The lowest BCUT2D eigenvalue weighted by Crippen LogP contribution is -2.37. The molecule has 4 rings (SSSR count). The van der Waals surface area contributed by atoms with E-state index in [4.69, 9.17) is 0 Å². The third kappa shape index (κ3) is 3.26. The van der Waals surface area contributed by atoms with E-state index in [2.05, 4.69) is 15.3 Å². The lowest BCUT2D eigenvalue weighted by Gasteiger charge is -2.17. The molecule has 7 nitrogen and oxygen atoms in total. The number of amides is 2.